The van der Waals surface area contributed by atoms with Gasteiger partial charge in [-0.1, -0.05) is 53.6 Å². The van der Waals surface area contributed by atoms with E-state index < -0.39 is 0 Å². The molecule has 4 rings (SSSR count). The summed E-state index contributed by atoms with van der Waals surface area (Å²) >= 11 is 0. The van der Waals surface area contributed by atoms with E-state index in [9.17, 15) is 0 Å². The zero-order valence-corrected chi connectivity index (χ0v) is 17.2. The molecule has 0 unspecified atom stereocenters. The van der Waals surface area contributed by atoms with Crippen molar-refractivity contribution in [2.24, 2.45) is 0 Å². The number of anilines is 5. The van der Waals surface area contributed by atoms with Crippen molar-refractivity contribution in [3.8, 4) is 0 Å². The van der Waals surface area contributed by atoms with Gasteiger partial charge in [-0.3, -0.25) is 0 Å². The monoisotopic (exact) mass is 378 g/mol. The summed E-state index contributed by atoms with van der Waals surface area (Å²) in [6.07, 6.45) is 0. The Morgan fingerprint density at radius 1 is 0.414 bits per heavy atom. The molecule has 0 aromatic heterocycles. The number of benzene rings is 4. The van der Waals surface area contributed by atoms with Gasteiger partial charge in [0.2, 0.25) is 0 Å². The Morgan fingerprint density at radius 2 is 0.759 bits per heavy atom. The molecule has 4 aromatic rings. The van der Waals surface area contributed by atoms with E-state index >= 15 is 0 Å². The average Bonchev–Trinajstić information content (AvgIpc) is 2.77. The molecule has 2 heteroatoms. The maximum Gasteiger partial charge on any atom is 0.0463 e. The zero-order valence-electron chi connectivity index (χ0n) is 17.2. The van der Waals surface area contributed by atoms with Crippen LogP contribution in [-0.4, -0.2) is 7.05 Å². The molecular weight excluding hydrogens is 352 g/mol. The molecule has 0 saturated heterocycles. The van der Waals surface area contributed by atoms with Gasteiger partial charge in [-0.15, -0.1) is 0 Å². The van der Waals surface area contributed by atoms with Crippen molar-refractivity contribution in [3.63, 3.8) is 0 Å². The fourth-order valence-electron chi connectivity index (χ4n) is 3.46. The van der Waals surface area contributed by atoms with E-state index in [0.717, 1.165) is 22.7 Å². The molecule has 0 bridgehead atoms. The summed E-state index contributed by atoms with van der Waals surface area (Å²) in [6.45, 7) is 4.23. The van der Waals surface area contributed by atoms with Crippen molar-refractivity contribution < 1.29 is 0 Å². The summed E-state index contributed by atoms with van der Waals surface area (Å²) < 4.78 is 0. The lowest BCUT2D eigenvalue weighted by atomic mass is 10.1. The molecule has 0 saturated carbocycles. The van der Waals surface area contributed by atoms with Gasteiger partial charge in [0.1, 0.15) is 0 Å². The second-order valence-electron chi connectivity index (χ2n) is 7.42. The lowest BCUT2D eigenvalue weighted by Gasteiger charge is -2.26. The Balaban J connectivity index is 1.68. The molecule has 0 aliphatic rings. The fourth-order valence-corrected chi connectivity index (χ4v) is 3.46. The van der Waals surface area contributed by atoms with Crippen molar-refractivity contribution in [3.05, 3.63) is 114 Å². The van der Waals surface area contributed by atoms with Crippen LogP contribution in [-0.2, 0) is 0 Å². The first-order valence-electron chi connectivity index (χ1n) is 9.94. The largest absolute Gasteiger partial charge is 0.345 e. The smallest absolute Gasteiger partial charge is 0.0463 e. The van der Waals surface area contributed by atoms with Gasteiger partial charge in [0.25, 0.3) is 0 Å². The third-order valence-corrected chi connectivity index (χ3v) is 5.22. The lowest BCUT2D eigenvalue weighted by Crippen LogP contribution is -2.11. The number of nitrogens with zero attached hydrogens (tertiary/aromatic N) is 2. The molecule has 0 spiro atoms. The van der Waals surface area contributed by atoms with Crippen LogP contribution in [0, 0.1) is 13.8 Å². The average molecular weight is 379 g/mol. The second kappa shape index (κ2) is 8.24. The quantitative estimate of drug-likeness (QED) is 0.354. The van der Waals surface area contributed by atoms with Crippen molar-refractivity contribution >= 4 is 28.4 Å². The second-order valence-corrected chi connectivity index (χ2v) is 7.42. The van der Waals surface area contributed by atoms with Gasteiger partial charge in [-0.2, -0.15) is 0 Å². The molecule has 0 fully saturated rings. The van der Waals surface area contributed by atoms with Crippen LogP contribution in [0.5, 0.6) is 0 Å². The molecule has 0 amide bonds. The van der Waals surface area contributed by atoms with Crippen LogP contribution in [0.4, 0.5) is 28.4 Å². The van der Waals surface area contributed by atoms with E-state index in [0.29, 0.717) is 0 Å². The van der Waals surface area contributed by atoms with Crippen molar-refractivity contribution in [1.82, 2.24) is 0 Å². The molecule has 0 N–H and O–H groups in total. The lowest BCUT2D eigenvalue weighted by molar-refractivity contribution is 1.20. The van der Waals surface area contributed by atoms with Crippen molar-refractivity contribution in [2.75, 3.05) is 16.8 Å². The van der Waals surface area contributed by atoms with Crippen LogP contribution >= 0.6 is 0 Å². The Labute approximate surface area is 173 Å². The first kappa shape index (κ1) is 18.8. The summed E-state index contributed by atoms with van der Waals surface area (Å²) in [5.41, 5.74) is 8.32. The Morgan fingerprint density at radius 3 is 1.24 bits per heavy atom. The molecular formula is C27H26N2. The summed E-state index contributed by atoms with van der Waals surface area (Å²) in [5.74, 6) is 0. The molecule has 29 heavy (non-hydrogen) atoms. The van der Waals surface area contributed by atoms with Crippen LogP contribution in [0.15, 0.2) is 103 Å². The normalized spacial score (nSPS) is 10.6. The van der Waals surface area contributed by atoms with Crippen LogP contribution in [0.25, 0.3) is 0 Å². The van der Waals surface area contributed by atoms with E-state index in [2.05, 4.69) is 134 Å². The van der Waals surface area contributed by atoms with Gasteiger partial charge >= 0.3 is 0 Å². The van der Waals surface area contributed by atoms with E-state index in [1.807, 2.05) is 0 Å². The Kier molecular flexibility index (Phi) is 5.35. The first-order valence-corrected chi connectivity index (χ1v) is 9.94. The topological polar surface area (TPSA) is 6.48 Å². The minimum atomic E-state index is 1.14. The minimum absolute atomic E-state index is 1.14. The third-order valence-electron chi connectivity index (χ3n) is 5.22. The number of aryl methyl sites for hydroxylation is 2. The summed E-state index contributed by atoms with van der Waals surface area (Å²) in [4.78, 5) is 4.50. The van der Waals surface area contributed by atoms with Gasteiger partial charge in [-0.05, 0) is 74.5 Å². The molecule has 0 aliphatic heterocycles. The predicted octanol–water partition coefficient (Wildman–Crippen LogP) is 7.54. The first-order chi connectivity index (χ1) is 14.1. The molecule has 0 atom stereocenters. The van der Waals surface area contributed by atoms with Gasteiger partial charge in [0.15, 0.2) is 0 Å². The number of rotatable bonds is 5. The van der Waals surface area contributed by atoms with Crippen molar-refractivity contribution in [1.29, 1.82) is 0 Å². The predicted molar refractivity (Wildman–Crippen MR) is 125 cm³/mol. The van der Waals surface area contributed by atoms with Gasteiger partial charge in [0, 0.05) is 35.5 Å². The number of para-hydroxylation sites is 1. The molecule has 0 aliphatic carbocycles. The third kappa shape index (κ3) is 4.17. The van der Waals surface area contributed by atoms with Crippen LogP contribution in [0.3, 0.4) is 0 Å². The minimum Gasteiger partial charge on any atom is -0.345 e. The fraction of sp³-hybridized carbons (Fsp3) is 0.111. The van der Waals surface area contributed by atoms with Gasteiger partial charge < -0.3 is 9.80 Å². The van der Waals surface area contributed by atoms with E-state index in [4.69, 9.17) is 0 Å². The molecule has 2 nitrogen and oxygen atoms in total. The van der Waals surface area contributed by atoms with E-state index in [1.165, 1.54) is 16.8 Å². The summed E-state index contributed by atoms with van der Waals surface area (Å²) in [5, 5.41) is 0. The van der Waals surface area contributed by atoms with Gasteiger partial charge in [-0.25, -0.2) is 0 Å². The maximum atomic E-state index is 2.29. The highest BCUT2D eigenvalue weighted by atomic mass is 15.1. The summed E-state index contributed by atoms with van der Waals surface area (Å²) in [7, 11) is 2.11. The highest BCUT2D eigenvalue weighted by Crippen LogP contribution is 2.35. The van der Waals surface area contributed by atoms with E-state index in [-0.39, 0.29) is 0 Å². The summed E-state index contributed by atoms with van der Waals surface area (Å²) in [6, 6.07) is 36.5. The Bertz CT molecular complexity index is 1050. The van der Waals surface area contributed by atoms with Crippen LogP contribution < -0.4 is 9.80 Å². The van der Waals surface area contributed by atoms with Crippen LogP contribution in [0.1, 0.15) is 11.1 Å². The molecule has 0 radical (unpaired) electrons. The molecule has 0 heterocycles. The number of hydrogen-bond acceptors (Lipinski definition) is 2. The van der Waals surface area contributed by atoms with Crippen molar-refractivity contribution in [2.45, 2.75) is 13.8 Å². The Hall–Kier alpha value is -3.52. The highest BCUT2D eigenvalue weighted by Gasteiger charge is 2.12. The molecule has 144 valence electrons. The highest BCUT2D eigenvalue weighted by molar-refractivity contribution is 5.78. The standard InChI is InChI=1S/C27H26N2/c1-21-9-13-23(14-10-21)28(3)24-17-19-27(20-18-24)29(25-7-5-4-6-8-25)26-15-11-22(2)12-16-26/h4-20H,1-3H3. The maximum absolute atomic E-state index is 2.29. The number of hydrogen-bond donors (Lipinski definition) is 0. The van der Waals surface area contributed by atoms with Gasteiger partial charge in [0.05, 0.1) is 0 Å². The van der Waals surface area contributed by atoms with Crippen LogP contribution in [0.2, 0.25) is 0 Å². The van der Waals surface area contributed by atoms with E-state index in [1.54, 1.807) is 0 Å². The molecule has 4 aromatic carbocycles. The SMILES string of the molecule is Cc1ccc(N(C)c2ccc(N(c3ccccc3)c3ccc(C)cc3)cc2)cc1. The zero-order chi connectivity index (χ0) is 20.2.